The Labute approximate surface area is 128 Å². The third-order valence-electron chi connectivity index (χ3n) is 3.56. The zero-order valence-corrected chi connectivity index (χ0v) is 12.7. The van der Waals surface area contributed by atoms with E-state index in [0.717, 1.165) is 12.8 Å². The van der Waals surface area contributed by atoms with Gasteiger partial charge in [-0.15, -0.1) is 11.6 Å². The van der Waals surface area contributed by atoms with Crippen molar-refractivity contribution in [2.75, 3.05) is 32.7 Å². The van der Waals surface area contributed by atoms with E-state index in [9.17, 15) is 9.18 Å². The summed E-state index contributed by atoms with van der Waals surface area (Å²) in [6.45, 7) is 1.80. The van der Waals surface area contributed by atoms with Crippen LogP contribution in [0.4, 0.5) is 4.39 Å². The van der Waals surface area contributed by atoms with Crippen molar-refractivity contribution in [3.8, 4) is 5.75 Å². The lowest BCUT2D eigenvalue weighted by Crippen LogP contribution is -2.41. The Bertz CT molecular complexity index is 490. The standard InChI is InChI=1S/C15H19ClFNO3/c1-20-14-10-11(2-3-13(14)17)15(19)18-7-4-12(5-8-18)21-9-6-16/h2-3,10,12H,4-9H2,1H3. The lowest BCUT2D eigenvalue weighted by atomic mass is 10.1. The summed E-state index contributed by atoms with van der Waals surface area (Å²) in [4.78, 5) is 14.1. The van der Waals surface area contributed by atoms with E-state index in [4.69, 9.17) is 21.1 Å². The molecule has 1 heterocycles. The van der Waals surface area contributed by atoms with Gasteiger partial charge in [0.25, 0.3) is 5.91 Å². The molecular formula is C15H19ClFNO3. The molecule has 4 nitrogen and oxygen atoms in total. The highest BCUT2D eigenvalue weighted by Gasteiger charge is 2.24. The first-order valence-corrected chi connectivity index (χ1v) is 7.49. The molecule has 0 radical (unpaired) electrons. The van der Waals surface area contributed by atoms with Crippen molar-refractivity contribution in [3.05, 3.63) is 29.6 Å². The first kappa shape index (κ1) is 16.0. The van der Waals surface area contributed by atoms with Gasteiger partial charge in [0, 0.05) is 24.5 Å². The minimum atomic E-state index is -0.470. The number of hydrogen-bond acceptors (Lipinski definition) is 3. The van der Waals surface area contributed by atoms with Gasteiger partial charge < -0.3 is 14.4 Å². The molecule has 0 atom stereocenters. The van der Waals surface area contributed by atoms with Crippen molar-refractivity contribution in [2.45, 2.75) is 18.9 Å². The van der Waals surface area contributed by atoms with Crippen molar-refractivity contribution in [1.82, 2.24) is 4.90 Å². The van der Waals surface area contributed by atoms with Crippen LogP contribution >= 0.6 is 11.6 Å². The number of carbonyl (C=O) groups is 1. The number of ether oxygens (including phenoxy) is 2. The van der Waals surface area contributed by atoms with Crippen molar-refractivity contribution in [2.24, 2.45) is 0 Å². The first-order valence-electron chi connectivity index (χ1n) is 6.96. The summed E-state index contributed by atoms with van der Waals surface area (Å²) >= 11 is 5.59. The van der Waals surface area contributed by atoms with Crippen LogP contribution in [0.3, 0.4) is 0 Å². The average molecular weight is 316 g/mol. The van der Waals surface area contributed by atoms with E-state index in [1.165, 1.54) is 25.3 Å². The number of rotatable bonds is 5. The van der Waals surface area contributed by atoms with Gasteiger partial charge in [-0.05, 0) is 31.0 Å². The van der Waals surface area contributed by atoms with Gasteiger partial charge in [-0.25, -0.2) is 4.39 Å². The summed E-state index contributed by atoms with van der Waals surface area (Å²) in [7, 11) is 1.38. The Morgan fingerprint density at radius 1 is 1.43 bits per heavy atom. The summed E-state index contributed by atoms with van der Waals surface area (Å²) in [5.41, 5.74) is 0.438. The fraction of sp³-hybridized carbons (Fsp3) is 0.533. The van der Waals surface area contributed by atoms with Crippen molar-refractivity contribution in [1.29, 1.82) is 0 Å². The Kier molecular flexibility index (Phi) is 5.82. The van der Waals surface area contributed by atoms with Gasteiger partial charge in [0.15, 0.2) is 11.6 Å². The number of alkyl halides is 1. The molecule has 1 aliphatic rings. The fourth-order valence-corrected chi connectivity index (χ4v) is 2.50. The zero-order valence-electron chi connectivity index (χ0n) is 12.0. The maximum atomic E-state index is 13.4. The largest absolute Gasteiger partial charge is 0.494 e. The van der Waals surface area contributed by atoms with Gasteiger partial charge in [-0.1, -0.05) is 0 Å². The van der Waals surface area contributed by atoms with Crippen LogP contribution in [0.25, 0.3) is 0 Å². The number of nitrogens with zero attached hydrogens (tertiary/aromatic N) is 1. The summed E-state index contributed by atoms with van der Waals surface area (Å²) in [5.74, 6) is -0.0124. The molecule has 0 saturated carbocycles. The van der Waals surface area contributed by atoms with E-state index in [-0.39, 0.29) is 17.8 Å². The average Bonchev–Trinajstić information content (AvgIpc) is 2.53. The Morgan fingerprint density at radius 3 is 2.76 bits per heavy atom. The number of likely N-dealkylation sites (tertiary alicyclic amines) is 1. The number of amides is 1. The number of halogens is 2. The topological polar surface area (TPSA) is 38.8 Å². The SMILES string of the molecule is COc1cc(C(=O)N2CCC(OCCCl)CC2)ccc1F. The van der Waals surface area contributed by atoms with Crippen molar-refractivity contribution >= 4 is 17.5 Å². The molecule has 0 N–H and O–H groups in total. The van der Waals surface area contributed by atoms with Gasteiger partial charge >= 0.3 is 0 Å². The molecule has 1 aromatic rings. The van der Waals surface area contributed by atoms with Crippen LogP contribution < -0.4 is 4.74 Å². The predicted molar refractivity (Wildman–Crippen MR) is 78.5 cm³/mol. The molecule has 1 saturated heterocycles. The van der Waals surface area contributed by atoms with Crippen LogP contribution in [0.1, 0.15) is 23.2 Å². The maximum Gasteiger partial charge on any atom is 0.253 e. The van der Waals surface area contributed by atoms with Gasteiger partial charge in [0.1, 0.15) is 0 Å². The molecule has 1 amide bonds. The summed E-state index contributed by atoms with van der Waals surface area (Å²) < 4.78 is 23.9. The van der Waals surface area contributed by atoms with Crippen LogP contribution in [0.5, 0.6) is 5.75 Å². The molecule has 1 aromatic carbocycles. The second kappa shape index (κ2) is 7.61. The van der Waals surface area contributed by atoms with Crippen LogP contribution in [-0.4, -0.2) is 49.6 Å². The second-order valence-corrected chi connectivity index (χ2v) is 5.28. The molecule has 6 heteroatoms. The third-order valence-corrected chi connectivity index (χ3v) is 3.71. The van der Waals surface area contributed by atoms with Gasteiger partial charge in [-0.2, -0.15) is 0 Å². The summed E-state index contributed by atoms with van der Waals surface area (Å²) in [6.07, 6.45) is 1.75. The molecule has 116 valence electrons. The normalized spacial score (nSPS) is 16.0. The molecule has 21 heavy (non-hydrogen) atoms. The molecule has 0 spiro atoms. The zero-order chi connectivity index (χ0) is 15.2. The first-order chi connectivity index (χ1) is 10.2. The van der Waals surface area contributed by atoms with E-state index >= 15 is 0 Å². The van der Waals surface area contributed by atoms with Crippen LogP contribution in [-0.2, 0) is 4.74 Å². The molecular weight excluding hydrogens is 297 g/mol. The lowest BCUT2D eigenvalue weighted by Gasteiger charge is -2.32. The van der Waals surface area contributed by atoms with Crippen molar-refractivity contribution < 1.29 is 18.7 Å². The summed E-state index contributed by atoms with van der Waals surface area (Å²) in [5, 5.41) is 0. The maximum absolute atomic E-state index is 13.4. The highest BCUT2D eigenvalue weighted by molar-refractivity contribution is 6.17. The van der Waals surface area contributed by atoms with E-state index < -0.39 is 5.82 Å². The molecule has 0 aromatic heterocycles. The number of piperidine rings is 1. The van der Waals surface area contributed by atoms with Crippen LogP contribution in [0.2, 0.25) is 0 Å². The van der Waals surface area contributed by atoms with E-state index in [0.29, 0.717) is 31.1 Å². The number of carbonyl (C=O) groups excluding carboxylic acids is 1. The Balaban J connectivity index is 1.95. The molecule has 0 bridgehead atoms. The minimum absolute atomic E-state index is 0.0844. The Morgan fingerprint density at radius 2 is 2.14 bits per heavy atom. The van der Waals surface area contributed by atoms with Gasteiger partial charge in [0.2, 0.25) is 0 Å². The smallest absolute Gasteiger partial charge is 0.253 e. The third kappa shape index (κ3) is 4.08. The monoisotopic (exact) mass is 315 g/mol. The molecule has 0 aliphatic carbocycles. The number of methoxy groups -OCH3 is 1. The predicted octanol–water partition coefficient (Wildman–Crippen LogP) is 2.69. The van der Waals surface area contributed by atoms with E-state index in [1.807, 2.05) is 0 Å². The lowest BCUT2D eigenvalue weighted by molar-refractivity contribution is 0.0154. The number of benzene rings is 1. The van der Waals surface area contributed by atoms with Crippen molar-refractivity contribution in [3.63, 3.8) is 0 Å². The minimum Gasteiger partial charge on any atom is -0.494 e. The highest BCUT2D eigenvalue weighted by atomic mass is 35.5. The molecule has 2 rings (SSSR count). The van der Waals surface area contributed by atoms with Gasteiger partial charge in [0.05, 0.1) is 19.8 Å². The van der Waals surface area contributed by atoms with Crippen LogP contribution in [0, 0.1) is 5.82 Å². The van der Waals surface area contributed by atoms with E-state index in [1.54, 1.807) is 4.90 Å². The summed E-state index contributed by atoms with van der Waals surface area (Å²) in [6, 6.07) is 4.17. The molecule has 1 aliphatic heterocycles. The molecule has 0 unspecified atom stereocenters. The highest BCUT2D eigenvalue weighted by Crippen LogP contribution is 2.21. The number of hydrogen-bond donors (Lipinski definition) is 0. The van der Waals surface area contributed by atoms with E-state index in [2.05, 4.69) is 0 Å². The second-order valence-electron chi connectivity index (χ2n) is 4.90. The molecule has 1 fully saturated rings. The van der Waals surface area contributed by atoms with Gasteiger partial charge in [-0.3, -0.25) is 4.79 Å². The Hall–Kier alpha value is -1.33. The fourth-order valence-electron chi connectivity index (χ4n) is 2.41. The quantitative estimate of drug-likeness (QED) is 0.784. The van der Waals surface area contributed by atoms with Crippen LogP contribution in [0.15, 0.2) is 18.2 Å².